The maximum absolute atomic E-state index is 12.8. The summed E-state index contributed by atoms with van der Waals surface area (Å²) in [6, 6.07) is 6.56. The van der Waals surface area contributed by atoms with E-state index in [0.29, 0.717) is 30.0 Å². The van der Waals surface area contributed by atoms with E-state index in [1.165, 1.54) is 0 Å². The molecular formula is C21H30N2O4. The lowest BCUT2D eigenvalue weighted by Gasteiger charge is -2.30. The van der Waals surface area contributed by atoms with E-state index in [-0.39, 0.29) is 12.1 Å². The van der Waals surface area contributed by atoms with Gasteiger partial charge in [0.15, 0.2) is 0 Å². The number of allylic oxidation sites excluding steroid dienone is 1. The summed E-state index contributed by atoms with van der Waals surface area (Å²) in [7, 11) is 0. The zero-order valence-electron chi connectivity index (χ0n) is 16.6. The molecule has 1 unspecified atom stereocenters. The average Bonchev–Trinajstić information content (AvgIpc) is 2.64. The maximum Gasteiger partial charge on any atom is 0.338 e. The first-order valence-corrected chi connectivity index (χ1v) is 9.71. The second-order valence-electron chi connectivity index (χ2n) is 6.82. The number of hydrogen-bond donors (Lipinski definition) is 2. The number of benzene rings is 1. The Balaban J connectivity index is 2.38. The van der Waals surface area contributed by atoms with Gasteiger partial charge in [0, 0.05) is 11.3 Å². The number of carbonyl (C=O) groups is 2. The van der Waals surface area contributed by atoms with Gasteiger partial charge in [-0.3, -0.25) is 0 Å². The van der Waals surface area contributed by atoms with Crippen LogP contribution in [0.3, 0.4) is 0 Å². The first-order chi connectivity index (χ1) is 13.0. The molecule has 1 aliphatic rings. The Morgan fingerprint density at radius 2 is 1.93 bits per heavy atom. The van der Waals surface area contributed by atoms with Gasteiger partial charge in [-0.2, -0.15) is 0 Å². The van der Waals surface area contributed by atoms with E-state index in [2.05, 4.69) is 17.6 Å². The Bertz CT molecular complexity index is 697. The fraction of sp³-hybridized carbons (Fsp3) is 0.524. The number of hydrogen-bond acceptors (Lipinski definition) is 4. The predicted molar refractivity (Wildman–Crippen MR) is 104 cm³/mol. The zero-order valence-corrected chi connectivity index (χ0v) is 16.6. The van der Waals surface area contributed by atoms with Gasteiger partial charge < -0.3 is 20.1 Å². The molecule has 1 aliphatic heterocycles. The number of nitrogens with one attached hydrogen (secondary N) is 2. The van der Waals surface area contributed by atoms with Gasteiger partial charge in [-0.05, 0) is 32.8 Å². The minimum absolute atomic E-state index is 0.248. The van der Waals surface area contributed by atoms with E-state index in [0.717, 1.165) is 24.8 Å². The molecule has 6 nitrogen and oxygen atoms in total. The Kier molecular flexibility index (Phi) is 7.70. The van der Waals surface area contributed by atoms with E-state index in [1.54, 1.807) is 13.8 Å². The molecule has 2 rings (SSSR count). The van der Waals surface area contributed by atoms with Crippen molar-refractivity contribution in [2.75, 3.05) is 6.61 Å². The van der Waals surface area contributed by atoms with Crippen molar-refractivity contribution >= 4 is 12.0 Å². The molecule has 1 heterocycles. The molecule has 0 fully saturated rings. The van der Waals surface area contributed by atoms with Crippen molar-refractivity contribution < 1.29 is 19.1 Å². The maximum atomic E-state index is 12.8. The average molecular weight is 374 g/mol. The quantitative estimate of drug-likeness (QED) is 0.501. The van der Waals surface area contributed by atoms with Crippen LogP contribution in [0.4, 0.5) is 4.79 Å². The van der Waals surface area contributed by atoms with Gasteiger partial charge in [0.05, 0.1) is 24.3 Å². The molecule has 0 bridgehead atoms. The van der Waals surface area contributed by atoms with Crippen LogP contribution in [0.1, 0.15) is 65.0 Å². The summed E-state index contributed by atoms with van der Waals surface area (Å²) < 4.78 is 11.4. The number of para-hydroxylation sites is 1. The molecule has 0 radical (unpaired) electrons. The number of carbonyl (C=O) groups excluding carboxylic acids is 2. The Morgan fingerprint density at radius 3 is 2.59 bits per heavy atom. The van der Waals surface area contributed by atoms with Gasteiger partial charge in [0.1, 0.15) is 5.75 Å². The molecule has 0 aliphatic carbocycles. The molecular weight excluding hydrogens is 344 g/mol. The number of urea groups is 1. The third-order valence-corrected chi connectivity index (χ3v) is 4.31. The molecule has 2 amide bonds. The Hall–Kier alpha value is -2.50. The van der Waals surface area contributed by atoms with Crippen LogP contribution in [0.2, 0.25) is 0 Å². The van der Waals surface area contributed by atoms with Gasteiger partial charge in [0.25, 0.3) is 0 Å². The van der Waals surface area contributed by atoms with Gasteiger partial charge in [-0.25, -0.2) is 9.59 Å². The molecule has 0 saturated carbocycles. The highest BCUT2D eigenvalue weighted by atomic mass is 16.5. The lowest BCUT2D eigenvalue weighted by molar-refractivity contribution is -0.143. The van der Waals surface area contributed by atoms with Crippen LogP contribution in [0.25, 0.3) is 0 Å². The van der Waals surface area contributed by atoms with Crippen LogP contribution in [0.15, 0.2) is 35.5 Å². The molecule has 27 heavy (non-hydrogen) atoms. The van der Waals surface area contributed by atoms with Crippen molar-refractivity contribution in [3.63, 3.8) is 0 Å². The smallest absolute Gasteiger partial charge is 0.338 e. The van der Waals surface area contributed by atoms with Crippen LogP contribution in [-0.2, 0) is 9.53 Å². The Morgan fingerprint density at radius 1 is 1.19 bits per heavy atom. The van der Waals surface area contributed by atoms with E-state index < -0.39 is 12.0 Å². The monoisotopic (exact) mass is 374 g/mol. The van der Waals surface area contributed by atoms with Crippen molar-refractivity contribution in [2.45, 2.75) is 65.5 Å². The molecule has 148 valence electrons. The number of ether oxygens (including phenoxy) is 2. The van der Waals surface area contributed by atoms with Gasteiger partial charge in [0.2, 0.25) is 0 Å². The summed E-state index contributed by atoms with van der Waals surface area (Å²) in [4.78, 5) is 24.9. The molecule has 2 N–H and O–H groups in total. The fourth-order valence-electron chi connectivity index (χ4n) is 3.03. The summed E-state index contributed by atoms with van der Waals surface area (Å²) in [5, 5.41) is 5.59. The van der Waals surface area contributed by atoms with Crippen LogP contribution >= 0.6 is 0 Å². The first-order valence-electron chi connectivity index (χ1n) is 9.71. The molecule has 1 aromatic carbocycles. The lowest BCUT2D eigenvalue weighted by Crippen LogP contribution is -2.46. The second-order valence-corrected chi connectivity index (χ2v) is 6.82. The fourth-order valence-corrected chi connectivity index (χ4v) is 3.03. The van der Waals surface area contributed by atoms with E-state index in [9.17, 15) is 9.59 Å². The summed E-state index contributed by atoms with van der Waals surface area (Å²) in [5.74, 6) is 0.242. The summed E-state index contributed by atoms with van der Waals surface area (Å²) in [6.07, 6.45) is 3.44. The molecule has 0 aromatic heterocycles. The summed E-state index contributed by atoms with van der Waals surface area (Å²) >= 11 is 0. The standard InChI is InChI=1S/C21H30N2O4/c1-5-7-10-13-26-17-12-9-8-11-15(17)19-18(20(24)27-14(3)4)16(6-2)22-21(25)23-19/h8-9,11-12,14,19H,5-7,10,13H2,1-4H3,(H2,22,23,25). The molecule has 0 spiro atoms. The van der Waals surface area contributed by atoms with Crippen molar-refractivity contribution in [1.29, 1.82) is 0 Å². The minimum atomic E-state index is -0.609. The van der Waals surface area contributed by atoms with E-state index in [1.807, 2.05) is 31.2 Å². The number of amides is 2. The second kappa shape index (κ2) is 10.00. The van der Waals surface area contributed by atoms with Gasteiger partial charge >= 0.3 is 12.0 Å². The highest BCUT2D eigenvalue weighted by molar-refractivity contribution is 5.95. The molecule has 6 heteroatoms. The third-order valence-electron chi connectivity index (χ3n) is 4.31. The topological polar surface area (TPSA) is 76.7 Å². The van der Waals surface area contributed by atoms with Gasteiger partial charge in [-0.15, -0.1) is 0 Å². The van der Waals surface area contributed by atoms with Crippen molar-refractivity contribution in [2.24, 2.45) is 0 Å². The Labute approximate surface area is 161 Å². The van der Waals surface area contributed by atoms with Crippen molar-refractivity contribution in [1.82, 2.24) is 10.6 Å². The first kappa shape index (κ1) is 20.8. The minimum Gasteiger partial charge on any atom is -0.493 e. The normalized spacial score (nSPS) is 16.8. The number of esters is 1. The number of rotatable bonds is 9. The molecule has 1 aromatic rings. The molecule has 0 saturated heterocycles. The van der Waals surface area contributed by atoms with E-state index in [4.69, 9.17) is 9.47 Å². The van der Waals surface area contributed by atoms with Crippen molar-refractivity contribution in [3.05, 3.63) is 41.1 Å². The third kappa shape index (κ3) is 5.49. The largest absolute Gasteiger partial charge is 0.493 e. The zero-order chi connectivity index (χ0) is 19.8. The van der Waals surface area contributed by atoms with Crippen LogP contribution < -0.4 is 15.4 Å². The van der Waals surface area contributed by atoms with Crippen molar-refractivity contribution in [3.8, 4) is 5.75 Å². The lowest BCUT2D eigenvalue weighted by atomic mass is 9.93. The number of unbranched alkanes of at least 4 members (excludes halogenated alkanes) is 2. The van der Waals surface area contributed by atoms with E-state index >= 15 is 0 Å². The highest BCUT2D eigenvalue weighted by Crippen LogP contribution is 2.34. The van der Waals surface area contributed by atoms with Crippen LogP contribution in [-0.4, -0.2) is 24.7 Å². The highest BCUT2D eigenvalue weighted by Gasteiger charge is 2.35. The molecule has 1 atom stereocenters. The SMILES string of the molecule is CCCCCOc1ccccc1C1NC(=O)NC(CC)=C1C(=O)OC(C)C. The van der Waals surface area contributed by atoms with Crippen LogP contribution in [0.5, 0.6) is 5.75 Å². The summed E-state index contributed by atoms with van der Waals surface area (Å²) in [6.45, 7) is 8.24. The van der Waals surface area contributed by atoms with Crippen LogP contribution in [0, 0.1) is 0 Å². The predicted octanol–water partition coefficient (Wildman–Crippen LogP) is 4.23. The summed E-state index contributed by atoms with van der Waals surface area (Å²) in [5.41, 5.74) is 1.76. The van der Waals surface area contributed by atoms with Gasteiger partial charge in [-0.1, -0.05) is 44.9 Å².